The van der Waals surface area contributed by atoms with Crippen LogP contribution in [0.4, 0.5) is 0 Å². The molecule has 0 radical (unpaired) electrons. The minimum absolute atomic E-state index is 0.00583. The highest BCUT2D eigenvalue weighted by molar-refractivity contribution is 5.92. The average Bonchev–Trinajstić information content (AvgIpc) is 3.01. The van der Waals surface area contributed by atoms with E-state index in [4.69, 9.17) is 4.74 Å². The predicted molar refractivity (Wildman–Crippen MR) is 92.6 cm³/mol. The molecule has 1 aliphatic rings. The highest BCUT2D eigenvalue weighted by Crippen LogP contribution is 2.16. The van der Waals surface area contributed by atoms with E-state index < -0.39 is 0 Å². The number of ether oxygens (including phenoxy) is 1. The second kappa shape index (κ2) is 7.25. The van der Waals surface area contributed by atoms with Gasteiger partial charge in [0.25, 0.3) is 0 Å². The van der Waals surface area contributed by atoms with Crippen LogP contribution in [0, 0.1) is 13.8 Å². The number of aryl methyl sites for hydroxylation is 2. The van der Waals surface area contributed by atoms with Crippen LogP contribution in [0.5, 0.6) is 6.01 Å². The molecule has 2 aromatic rings. The van der Waals surface area contributed by atoms with Crippen molar-refractivity contribution < 1.29 is 9.53 Å². The maximum atomic E-state index is 12.3. The van der Waals surface area contributed by atoms with Crippen molar-refractivity contribution >= 4 is 12.0 Å². The molecule has 0 aliphatic carbocycles. The van der Waals surface area contributed by atoms with Crippen molar-refractivity contribution in [2.75, 3.05) is 13.1 Å². The van der Waals surface area contributed by atoms with Gasteiger partial charge in [-0.05, 0) is 31.6 Å². The SMILES string of the molecule is Cc1cc(C)nc(OC2CCN(C(=O)/C=C/c3ccccc3)C2)n1. The summed E-state index contributed by atoms with van der Waals surface area (Å²) in [4.78, 5) is 22.7. The Morgan fingerprint density at radius 1 is 1.21 bits per heavy atom. The normalized spacial score (nSPS) is 17.4. The number of hydrogen-bond donors (Lipinski definition) is 0. The Kier molecular flexibility index (Phi) is 4.89. The van der Waals surface area contributed by atoms with Crippen LogP contribution in [0.2, 0.25) is 0 Å². The second-order valence-electron chi connectivity index (χ2n) is 5.99. The molecule has 0 N–H and O–H groups in total. The fourth-order valence-corrected chi connectivity index (χ4v) is 2.76. The van der Waals surface area contributed by atoms with E-state index in [1.54, 1.807) is 11.0 Å². The van der Waals surface area contributed by atoms with Gasteiger partial charge < -0.3 is 9.64 Å². The zero-order chi connectivity index (χ0) is 16.9. The van der Waals surface area contributed by atoms with Crippen LogP contribution in [0.15, 0.2) is 42.5 Å². The summed E-state index contributed by atoms with van der Waals surface area (Å²) in [6.45, 7) is 5.09. The van der Waals surface area contributed by atoms with Gasteiger partial charge in [-0.25, -0.2) is 9.97 Å². The van der Waals surface area contributed by atoms with Crippen LogP contribution in [-0.4, -0.2) is 40.0 Å². The lowest BCUT2D eigenvalue weighted by atomic mass is 10.2. The fourth-order valence-electron chi connectivity index (χ4n) is 2.76. The number of rotatable bonds is 4. The molecule has 0 spiro atoms. The van der Waals surface area contributed by atoms with Crippen LogP contribution in [0.25, 0.3) is 6.08 Å². The number of carbonyl (C=O) groups excluding carboxylic acids is 1. The molecule has 1 unspecified atom stereocenters. The summed E-state index contributed by atoms with van der Waals surface area (Å²) >= 11 is 0. The van der Waals surface area contributed by atoms with Gasteiger partial charge in [-0.1, -0.05) is 30.3 Å². The molecule has 2 heterocycles. The molecule has 1 aromatic heterocycles. The van der Waals surface area contributed by atoms with Gasteiger partial charge in [0.05, 0.1) is 6.54 Å². The van der Waals surface area contributed by atoms with Gasteiger partial charge in [-0.3, -0.25) is 4.79 Å². The molecule has 124 valence electrons. The third-order valence-electron chi connectivity index (χ3n) is 3.91. The Morgan fingerprint density at radius 3 is 2.62 bits per heavy atom. The third kappa shape index (κ3) is 4.19. The number of likely N-dealkylation sites (tertiary alicyclic amines) is 1. The largest absolute Gasteiger partial charge is 0.458 e. The van der Waals surface area contributed by atoms with E-state index in [1.807, 2.05) is 56.3 Å². The van der Waals surface area contributed by atoms with Gasteiger partial charge >= 0.3 is 6.01 Å². The van der Waals surface area contributed by atoms with Crippen LogP contribution in [0.1, 0.15) is 23.4 Å². The molecule has 1 aliphatic heterocycles. The van der Waals surface area contributed by atoms with Gasteiger partial charge in [0.15, 0.2) is 0 Å². The Morgan fingerprint density at radius 2 is 1.92 bits per heavy atom. The molecule has 24 heavy (non-hydrogen) atoms. The molecule has 3 rings (SSSR count). The minimum atomic E-state index is -0.0553. The summed E-state index contributed by atoms with van der Waals surface area (Å²) in [5.74, 6) is 0.00583. The number of aromatic nitrogens is 2. The van der Waals surface area contributed by atoms with Crippen LogP contribution in [-0.2, 0) is 4.79 Å². The summed E-state index contributed by atoms with van der Waals surface area (Å²) < 4.78 is 5.84. The molecule has 0 bridgehead atoms. The van der Waals surface area contributed by atoms with Crippen molar-refractivity contribution in [1.29, 1.82) is 0 Å². The number of amides is 1. The Bertz CT molecular complexity index is 723. The molecule has 5 heteroatoms. The summed E-state index contributed by atoms with van der Waals surface area (Å²) in [5, 5.41) is 0. The van der Waals surface area contributed by atoms with Crippen molar-refractivity contribution in [1.82, 2.24) is 14.9 Å². The van der Waals surface area contributed by atoms with Gasteiger partial charge in [0.2, 0.25) is 5.91 Å². The first-order valence-electron chi connectivity index (χ1n) is 8.11. The first-order valence-corrected chi connectivity index (χ1v) is 8.11. The molecule has 5 nitrogen and oxygen atoms in total. The van der Waals surface area contributed by atoms with E-state index in [9.17, 15) is 4.79 Å². The third-order valence-corrected chi connectivity index (χ3v) is 3.91. The predicted octanol–water partition coefficient (Wildman–Crippen LogP) is 2.79. The molecule has 1 aromatic carbocycles. The number of hydrogen-bond acceptors (Lipinski definition) is 4. The molecule has 0 saturated carbocycles. The lowest BCUT2D eigenvalue weighted by Gasteiger charge is -2.15. The van der Waals surface area contributed by atoms with E-state index in [2.05, 4.69) is 9.97 Å². The van der Waals surface area contributed by atoms with Gasteiger partial charge in [0, 0.05) is 30.4 Å². The monoisotopic (exact) mass is 323 g/mol. The summed E-state index contributed by atoms with van der Waals surface area (Å²) in [6, 6.07) is 12.1. The fraction of sp³-hybridized carbons (Fsp3) is 0.316. The topological polar surface area (TPSA) is 55.3 Å². The molecule has 1 atom stereocenters. The Labute approximate surface area is 142 Å². The molecular formula is C19H21N3O2. The van der Waals surface area contributed by atoms with E-state index in [0.29, 0.717) is 19.1 Å². The van der Waals surface area contributed by atoms with Crippen molar-refractivity contribution in [3.8, 4) is 6.01 Å². The molecule has 1 saturated heterocycles. The molecule has 1 fully saturated rings. The summed E-state index contributed by atoms with van der Waals surface area (Å²) in [6.07, 6.45) is 4.19. The highest BCUT2D eigenvalue weighted by Gasteiger charge is 2.27. The minimum Gasteiger partial charge on any atom is -0.458 e. The lowest BCUT2D eigenvalue weighted by Crippen LogP contribution is -2.29. The van der Waals surface area contributed by atoms with E-state index in [-0.39, 0.29) is 12.0 Å². The average molecular weight is 323 g/mol. The smallest absolute Gasteiger partial charge is 0.317 e. The summed E-state index contributed by atoms with van der Waals surface area (Å²) in [5.41, 5.74) is 2.78. The maximum Gasteiger partial charge on any atom is 0.317 e. The summed E-state index contributed by atoms with van der Waals surface area (Å²) in [7, 11) is 0. The standard InChI is InChI=1S/C19H21N3O2/c1-14-12-15(2)21-19(20-14)24-17-10-11-22(13-17)18(23)9-8-16-6-4-3-5-7-16/h3-9,12,17H,10-11,13H2,1-2H3/b9-8+. The van der Waals surface area contributed by atoms with Crippen molar-refractivity contribution in [3.05, 3.63) is 59.4 Å². The van der Waals surface area contributed by atoms with E-state index in [0.717, 1.165) is 23.4 Å². The zero-order valence-electron chi connectivity index (χ0n) is 14.0. The van der Waals surface area contributed by atoms with Gasteiger partial charge in [-0.2, -0.15) is 0 Å². The van der Waals surface area contributed by atoms with E-state index in [1.165, 1.54) is 0 Å². The van der Waals surface area contributed by atoms with Crippen LogP contribution in [0.3, 0.4) is 0 Å². The maximum absolute atomic E-state index is 12.3. The van der Waals surface area contributed by atoms with Crippen molar-refractivity contribution in [2.45, 2.75) is 26.4 Å². The van der Waals surface area contributed by atoms with Crippen molar-refractivity contribution in [3.63, 3.8) is 0 Å². The molecular weight excluding hydrogens is 302 g/mol. The Hall–Kier alpha value is -2.69. The number of nitrogens with zero attached hydrogens (tertiary/aromatic N) is 3. The molecule has 1 amide bonds. The first-order chi connectivity index (χ1) is 11.6. The Balaban J connectivity index is 1.56. The quantitative estimate of drug-likeness (QED) is 0.812. The number of carbonyl (C=O) groups is 1. The second-order valence-corrected chi connectivity index (χ2v) is 5.99. The van der Waals surface area contributed by atoms with Crippen LogP contribution < -0.4 is 4.74 Å². The first kappa shape index (κ1) is 16.2. The van der Waals surface area contributed by atoms with Gasteiger partial charge in [0.1, 0.15) is 6.10 Å². The highest BCUT2D eigenvalue weighted by atomic mass is 16.5. The van der Waals surface area contributed by atoms with Gasteiger partial charge in [-0.15, -0.1) is 0 Å². The van der Waals surface area contributed by atoms with Crippen LogP contribution >= 0.6 is 0 Å². The lowest BCUT2D eigenvalue weighted by molar-refractivity contribution is -0.125. The zero-order valence-corrected chi connectivity index (χ0v) is 14.0. The van der Waals surface area contributed by atoms with E-state index >= 15 is 0 Å². The van der Waals surface area contributed by atoms with Crippen molar-refractivity contribution in [2.24, 2.45) is 0 Å². The number of benzene rings is 1.